The van der Waals surface area contributed by atoms with Crippen LogP contribution in [0.2, 0.25) is 0 Å². The molecule has 4 atom stereocenters. The molecule has 0 saturated heterocycles. The summed E-state index contributed by atoms with van der Waals surface area (Å²) in [6, 6.07) is -1.44. The minimum atomic E-state index is -1.38. The van der Waals surface area contributed by atoms with Crippen molar-refractivity contribution in [2.24, 2.45) is 0 Å². The number of ether oxygens (including phenoxy) is 2. The van der Waals surface area contributed by atoms with Gasteiger partial charge in [-0.25, -0.2) is 19.6 Å². The number of carbonyl (C=O) groups excluding carboxylic acids is 4. The average molecular weight is 687 g/mol. The number of hydrogen-bond donors (Lipinski definition) is 6. The van der Waals surface area contributed by atoms with Crippen LogP contribution < -0.4 is 21.3 Å². The van der Waals surface area contributed by atoms with E-state index in [9.17, 15) is 29.4 Å². The maximum absolute atomic E-state index is 12.1. The summed E-state index contributed by atoms with van der Waals surface area (Å²) in [4.78, 5) is 55.8. The van der Waals surface area contributed by atoms with Crippen LogP contribution in [0.5, 0.6) is 0 Å². The van der Waals surface area contributed by atoms with E-state index in [-0.39, 0.29) is 0 Å². The number of thiazole rings is 2. The minimum absolute atomic E-state index is 0.403. The van der Waals surface area contributed by atoms with Gasteiger partial charge in [0.1, 0.15) is 11.2 Å². The molecule has 0 unspecified atom stereocenters. The highest BCUT2D eigenvalue weighted by Crippen LogP contribution is 2.16. The molecule has 0 aliphatic carbocycles. The van der Waals surface area contributed by atoms with E-state index >= 15 is 0 Å². The molecule has 2 aromatic heterocycles. The highest BCUT2D eigenvalue weighted by molar-refractivity contribution is 7.14. The van der Waals surface area contributed by atoms with Gasteiger partial charge in [-0.05, 0) is 54.4 Å². The van der Waals surface area contributed by atoms with Crippen LogP contribution in [0, 0.1) is 0 Å². The lowest BCUT2D eigenvalue weighted by Gasteiger charge is -2.26. The smallest absolute Gasteiger partial charge is 0.407 e. The summed E-state index contributed by atoms with van der Waals surface area (Å²) in [5, 5.41) is 34.9. The van der Waals surface area contributed by atoms with Crippen LogP contribution in [-0.4, -0.2) is 79.7 Å². The molecule has 2 aromatic rings. The zero-order chi connectivity index (χ0) is 34.9. The van der Waals surface area contributed by atoms with Gasteiger partial charge in [-0.1, -0.05) is 39.5 Å². The Hall–Kier alpha value is -3.34. The molecule has 4 amide bonds. The number of rotatable bonds is 14. The molecule has 0 spiro atoms. The number of alkyl carbamates (subject to hydrolysis) is 2. The SMILES string of the molecule is CCCC[C@H](NC(=O)OC(C)(C)C)[C@@H](O)C(=O)Nc1nccs1.CCCC[C@H](NC(=O)OC(C)(C)C)[C@H](O)C(=O)Nc1nccs1. The normalized spacial score (nSPS) is 14.0. The van der Waals surface area contributed by atoms with Crippen molar-refractivity contribution in [1.29, 1.82) is 0 Å². The molecular formula is C30H50N6O8S2. The van der Waals surface area contributed by atoms with Gasteiger partial charge in [-0.15, -0.1) is 22.7 Å². The lowest BCUT2D eigenvalue weighted by atomic mass is 10.0. The third-order valence-electron chi connectivity index (χ3n) is 5.77. The van der Waals surface area contributed by atoms with Gasteiger partial charge < -0.3 is 30.3 Å². The molecule has 0 aromatic carbocycles. The number of anilines is 2. The number of aliphatic hydroxyl groups excluding tert-OH is 2. The van der Waals surface area contributed by atoms with Gasteiger partial charge in [-0.2, -0.15) is 0 Å². The third kappa shape index (κ3) is 17.4. The van der Waals surface area contributed by atoms with E-state index < -0.39 is 59.5 Å². The molecule has 260 valence electrons. The van der Waals surface area contributed by atoms with Crippen LogP contribution in [-0.2, 0) is 19.1 Å². The standard InChI is InChI=1S/2C15H25N3O4S/c2*1-5-6-7-10(17-14(21)22-15(2,3)4)11(19)12(20)18-13-16-8-9-23-13/h2*8-11,19H,5-7H2,1-4H3,(H,17,21)(H,16,18,20)/t10-,11+;10-,11-/m00/s1. The Morgan fingerprint density at radius 1 is 0.717 bits per heavy atom. The van der Waals surface area contributed by atoms with E-state index in [4.69, 9.17) is 9.47 Å². The summed E-state index contributed by atoms with van der Waals surface area (Å²) >= 11 is 2.51. The fraction of sp³-hybridized carbons (Fsp3) is 0.667. The van der Waals surface area contributed by atoms with Crippen molar-refractivity contribution in [1.82, 2.24) is 20.6 Å². The quantitative estimate of drug-likeness (QED) is 0.156. The van der Waals surface area contributed by atoms with E-state index in [0.717, 1.165) is 25.7 Å². The van der Waals surface area contributed by atoms with Gasteiger partial charge >= 0.3 is 12.2 Å². The summed E-state index contributed by atoms with van der Waals surface area (Å²) in [6.45, 7) is 14.5. The predicted octanol–water partition coefficient (Wildman–Crippen LogP) is 5.05. The first-order valence-electron chi connectivity index (χ1n) is 15.2. The molecular weight excluding hydrogens is 636 g/mol. The number of nitrogens with one attached hydrogen (secondary N) is 4. The van der Waals surface area contributed by atoms with Crippen molar-refractivity contribution in [3.8, 4) is 0 Å². The van der Waals surface area contributed by atoms with Gasteiger partial charge in [0.25, 0.3) is 11.8 Å². The second-order valence-electron chi connectivity index (χ2n) is 12.3. The monoisotopic (exact) mass is 686 g/mol. The summed E-state index contributed by atoms with van der Waals surface area (Å²) in [5.74, 6) is -1.20. The Morgan fingerprint density at radius 2 is 1.07 bits per heavy atom. The van der Waals surface area contributed by atoms with Crippen molar-refractivity contribution in [3.63, 3.8) is 0 Å². The molecule has 14 nitrogen and oxygen atoms in total. The van der Waals surface area contributed by atoms with E-state index in [2.05, 4.69) is 31.2 Å². The summed E-state index contributed by atoms with van der Waals surface area (Å²) in [7, 11) is 0. The second kappa shape index (κ2) is 20.0. The topological polar surface area (TPSA) is 201 Å². The predicted molar refractivity (Wildman–Crippen MR) is 179 cm³/mol. The van der Waals surface area contributed by atoms with Crippen LogP contribution in [0.3, 0.4) is 0 Å². The first-order valence-corrected chi connectivity index (χ1v) is 17.0. The number of amides is 4. The Morgan fingerprint density at radius 3 is 1.33 bits per heavy atom. The minimum Gasteiger partial charge on any atom is -0.444 e. The molecule has 6 N–H and O–H groups in total. The highest BCUT2D eigenvalue weighted by Gasteiger charge is 2.30. The lowest BCUT2D eigenvalue weighted by Crippen LogP contribution is -2.49. The van der Waals surface area contributed by atoms with Gasteiger partial charge in [0, 0.05) is 23.2 Å². The van der Waals surface area contributed by atoms with E-state index in [1.54, 1.807) is 64.7 Å². The molecule has 2 heterocycles. The van der Waals surface area contributed by atoms with Gasteiger partial charge in [0.15, 0.2) is 22.5 Å². The maximum atomic E-state index is 12.1. The first-order chi connectivity index (χ1) is 21.5. The lowest BCUT2D eigenvalue weighted by molar-refractivity contribution is -0.126. The molecule has 0 aliphatic heterocycles. The number of aromatic nitrogens is 2. The molecule has 0 fully saturated rings. The molecule has 2 rings (SSSR count). The van der Waals surface area contributed by atoms with Crippen LogP contribution in [0.25, 0.3) is 0 Å². The Balaban J connectivity index is 0.000000460. The summed E-state index contributed by atoms with van der Waals surface area (Å²) in [5.41, 5.74) is -1.29. The zero-order valence-corrected chi connectivity index (χ0v) is 29.5. The van der Waals surface area contributed by atoms with Crippen LogP contribution in [0.4, 0.5) is 19.9 Å². The molecule has 46 heavy (non-hydrogen) atoms. The molecule has 0 radical (unpaired) electrons. The summed E-state index contributed by atoms with van der Waals surface area (Å²) in [6.07, 6.45) is 3.30. The largest absolute Gasteiger partial charge is 0.444 e. The van der Waals surface area contributed by atoms with Crippen LogP contribution in [0.15, 0.2) is 23.2 Å². The Labute approximate surface area is 279 Å². The van der Waals surface area contributed by atoms with E-state index in [0.29, 0.717) is 23.1 Å². The van der Waals surface area contributed by atoms with Crippen LogP contribution in [0.1, 0.15) is 93.9 Å². The number of nitrogens with zero attached hydrogens (tertiary/aromatic N) is 2. The zero-order valence-electron chi connectivity index (χ0n) is 27.9. The maximum Gasteiger partial charge on any atom is 0.407 e. The van der Waals surface area contributed by atoms with Crippen molar-refractivity contribution in [2.45, 2.75) is 129 Å². The van der Waals surface area contributed by atoms with Crippen molar-refractivity contribution >= 4 is 56.9 Å². The van der Waals surface area contributed by atoms with Gasteiger partial charge in [0.05, 0.1) is 12.1 Å². The van der Waals surface area contributed by atoms with Crippen molar-refractivity contribution in [2.75, 3.05) is 10.6 Å². The van der Waals surface area contributed by atoms with Crippen molar-refractivity contribution < 1.29 is 38.9 Å². The van der Waals surface area contributed by atoms with Gasteiger partial charge in [0.2, 0.25) is 0 Å². The fourth-order valence-corrected chi connectivity index (χ4v) is 4.74. The molecule has 0 aliphatic rings. The van der Waals surface area contributed by atoms with E-state index in [1.807, 2.05) is 13.8 Å². The Bertz CT molecular complexity index is 1090. The number of carbonyl (C=O) groups is 4. The molecule has 16 heteroatoms. The first kappa shape index (κ1) is 40.7. The number of aliphatic hydroxyl groups is 2. The third-order valence-corrected chi connectivity index (χ3v) is 7.14. The fourth-order valence-electron chi connectivity index (χ4n) is 3.68. The van der Waals surface area contributed by atoms with Crippen molar-refractivity contribution in [3.05, 3.63) is 23.2 Å². The molecule has 0 bridgehead atoms. The highest BCUT2D eigenvalue weighted by atomic mass is 32.1. The van der Waals surface area contributed by atoms with Crippen LogP contribution >= 0.6 is 22.7 Å². The second-order valence-corrected chi connectivity index (χ2v) is 14.1. The molecule has 0 saturated carbocycles. The average Bonchev–Trinajstić information content (AvgIpc) is 3.65. The van der Waals surface area contributed by atoms with Gasteiger partial charge in [-0.3, -0.25) is 20.2 Å². The van der Waals surface area contributed by atoms with E-state index in [1.165, 1.54) is 22.7 Å². The Kier molecular flexibility index (Phi) is 17.7. The number of unbranched alkanes of at least 4 members (excludes halogenated alkanes) is 2. The number of hydrogen-bond acceptors (Lipinski definition) is 12. The summed E-state index contributed by atoms with van der Waals surface area (Å²) < 4.78 is 10.4.